The Morgan fingerprint density at radius 3 is 2.85 bits per heavy atom. The zero-order chi connectivity index (χ0) is 14.4. The van der Waals surface area contributed by atoms with Crippen molar-refractivity contribution in [3.05, 3.63) is 23.8 Å². The monoisotopic (exact) mass is 276 g/mol. The van der Waals surface area contributed by atoms with Gasteiger partial charge in [-0.25, -0.2) is 0 Å². The van der Waals surface area contributed by atoms with Crippen LogP contribution >= 0.6 is 0 Å². The predicted molar refractivity (Wildman–Crippen MR) is 85.7 cm³/mol. The maximum absolute atomic E-state index is 5.32. The molecule has 3 heteroatoms. The minimum atomic E-state index is 0.602. The van der Waals surface area contributed by atoms with E-state index in [9.17, 15) is 0 Å². The maximum atomic E-state index is 5.32. The van der Waals surface area contributed by atoms with Gasteiger partial charge in [0.25, 0.3) is 0 Å². The van der Waals surface area contributed by atoms with Gasteiger partial charge in [0.05, 0.1) is 7.11 Å². The lowest BCUT2D eigenvalue weighted by Crippen LogP contribution is -2.27. The molecular weight excluding hydrogens is 248 g/mol. The number of benzene rings is 1. The molecule has 112 valence electrons. The third-order valence-corrected chi connectivity index (χ3v) is 4.13. The van der Waals surface area contributed by atoms with E-state index in [4.69, 9.17) is 4.74 Å². The molecule has 2 rings (SSSR count). The number of hydrogen-bond acceptors (Lipinski definition) is 3. The molecule has 0 aromatic heterocycles. The summed E-state index contributed by atoms with van der Waals surface area (Å²) < 4.78 is 5.32. The Balaban J connectivity index is 1.91. The third-order valence-electron chi connectivity index (χ3n) is 4.13. The van der Waals surface area contributed by atoms with Crippen LogP contribution in [0, 0.1) is 6.92 Å². The van der Waals surface area contributed by atoms with Gasteiger partial charge in [0.2, 0.25) is 0 Å². The van der Waals surface area contributed by atoms with Crippen molar-refractivity contribution >= 4 is 5.69 Å². The number of rotatable bonds is 5. The number of nitrogens with zero attached hydrogens (tertiary/aromatic N) is 1. The molecule has 20 heavy (non-hydrogen) atoms. The molecule has 1 N–H and O–H groups in total. The lowest BCUT2D eigenvalue weighted by molar-refractivity contribution is 0.285. The zero-order valence-electron chi connectivity index (χ0n) is 13.1. The van der Waals surface area contributed by atoms with Gasteiger partial charge < -0.3 is 15.0 Å². The van der Waals surface area contributed by atoms with E-state index in [1.165, 1.54) is 56.6 Å². The highest BCUT2D eigenvalue weighted by atomic mass is 16.5. The van der Waals surface area contributed by atoms with Gasteiger partial charge in [0.15, 0.2) is 0 Å². The van der Waals surface area contributed by atoms with Gasteiger partial charge in [-0.2, -0.15) is 0 Å². The molecule has 1 unspecified atom stereocenters. The second-order valence-electron chi connectivity index (χ2n) is 5.80. The minimum Gasteiger partial charge on any atom is -0.496 e. The molecule has 1 aromatic carbocycles. The van der Waals surface area contributed by atoms with Crippen molar-refractivity contribution in [1.29, 1.82) is 0 Å². The average molecular weight is 276 g/mol. The minimum absolute atomic E-state index is 0.602. The molecular formula is C17H28N2O. The van der Waals surface area contributed by atoms with Gasteiger partial charge >= 0.3 is 0 Å². The first kappa shape index (κ1) is 15.2. The lowest BCUT2D eigenvalue weighted by atomic mass is 10.1. The molecule has 0 radical (unpaired) electrons. The van der Waals surface area contributed by atoms with Crippen LogP contribution in [0.3, 0.4) is 0 Å². The zero-order valence-corrected chi connectivity index (χ0v) is 13.1. The highest BCUT2D eigenvalue weighted by Crippen LogP contribution is 2.23. The Morgan fingerprint density at radius 1 is 1.30 bits per heavy atom. The average Bonchev–Trinajstić information content (AvgIpc) is 2.65. The first-order chi connectivity index (χ1) is 9.72. The van der Waals surface area contributed by atoms with Crippen LogP contribution in [0.5, 0.6) is 5.75 Å². The van der Waals surface area contributed by atoms with E-state index in [0.29, 0.717) is 6.04 Å². The van der Waals surface area contributed by atoms with Crippen LogP contribution in [0.4, 0.5) is 5.69 Å². The summed E-state index contributed by atoms with van der Waals surface area (Å²) in [7, 11) is 1.73. The molecule has 0 bridgehead atoms. The van der Waals surface area contributed by atoms with Crippen molar-refractivity contribution in [3.63, 3.8) is 0 Å². The standard InChI is InChI=1S/C17H28N2O/c1-4-10-19-11-5-6-15(9-12-19)18-16-7-8-17(20-3)14(2)13-16/h7-8,13,15,18H,4-6,9-12H2,1-3H3. The first-order valence-corrected chi connectivity index (χ1v) is 7.86. The number of nitrogens with one attached hydrogen (secondary N) is 1. The summed E-state index contributed by atoms with van der Waals surface area (Å²) in [5.41, 5.74) is 2.41. The smallest absolute Gasteiger partial charge is 0.121 e. The van der Waals surface area contributed by atoms with E-state index in [1.54, 1.807) is 7.11 Å². The second kappa shape index (κ2) is 7.53. The summed E-state index contributed by atoms with van der Waals surface area (Å²) in [6.45, 7) is 8.09. The summed E-state index contributed by atoms with van der Waals surface area (Å²) in [6.07, 6.45) is 5.07. The van der Waals surface area contributed by atoms with E-state index < -0.39 is 0 Å². The van der Waals surface area contributed by atoms with Crippen LogP contribution in [0.15, 0.2) is 18.2 Å². The molecule has 1 fully saturated rings. The molecule has 0 saturated carbocycles. The summed E-state index contributed by atoms with van der Waals surface area (Å²) in [6, 6.07) is 6.97. The normalized spacial score (nSPS) is 20.4. The second-order valence-corrected chi connectivity index (χ2v) is 5.80. The van der Waals surface area contributed by atoms with Gasteiger partial charge in [-0.3, -0.25) is 0 Å². The van der Waals surface area contributed by atoms with Crippen LogP contribution in [-0.4, -0.2) is 37.7 Å². The van der Waals surface area contributed by atoms with Gasteiger partial charge in [-0.15, -0.1) is 0 Å². The number of methoxy groups -OCH3 is 1. The van der Waals surface area contributed by atoms with Crippen LogP contribution in [-0.2, 0) is 0 Å². The third kappa shape index (κ3) is 4.14. The molecule has 0 spiro atoms. The fourth-order valence-electron chi connectivity index (χ4n) is 3.04. The summed E-state index contributed by atoms with van der Waals surface area (Å²) >= 11 is 0. The molecule has 1 aliphatic heterocycles. The van der Waals surface area contributed by atoms with Crippen molar-refractivity contribution in [2.45, 2.75) is 45.6 Å². The lowest BCUT2D eigenvalue weighted by Gasteiger charge is -2.20. The highest BCUT2D eigenvalue weighted by molar-refractivity contribution is 5.51. The van der Waals surface area contributed by atoms with Crippen LogP contribution in [0.25, 0.3) is 0 Å². The quantitative estimate of drug-likeness (QED) is 0.888. The number of aryl methyl sites for hydroxylation is 1. The molecule has 1 aliphatic rings. The van der Waals surface area contributed by atoms with Gasteiger partial charge in [-0.1, -0.05) is 6.92 Å². The number of likely N-dealkylation sites (tertiary alicyclic amines) is 1. The van der Waals surface area contributed by atoms with E-state index in [0.717, 1.165) is 5.75 Å². The molecule has 1 heterocycles. The van der Waals surface area contributed by atoms with Crippen molar-refractivity contribution in [1.82, 2.24) is 4.90 Å². The van der Waals surface area contributed by atoms with Crippen LogP contribution in [0.1, 0.15) is 38.2 Å². The van der Waals surface area contributed by atoms with Crippen molar-refractivity contribution in [2.75, 3.05) is 32.1 Å². The Hall–Kier alpha value is -1.22. The Morgan fingerprint density at radius 2 is 2.15 bits per heavy atom. The van der Waals surface area contributed by atoms with Gasteiger partial charge in [-0.05, 0) is 69.5 Å². The topological polar surface area (TPSA) is 24.5 Å². The van der Waals surface area contributed by atoms with E-state index >= 15 is 0 Å². The van der Waals surface area contributed by atoms with Gasteiger partial charge in [0, 0.05) is 18.3 Å². The Bertz CT molecular complexity index is 419. The fourth-order valence-corrected chi connectivity index (χ4v) is 3.04. The Kier molecular flexibility index (Phi) is 5.72. The Labute approximate surface area is 123 Å². The number of anilines is 1. The summed E-state index contributed by atoms with van der Waals surface area (Å²) in [4.78, 5) is 2.60. The largest absolute Gasteiger partial charge is 0.496 e. The predicted octanol–water partition coefficient (Wildman–Crippen LogP) is 3.68. The van der Waals surface area contributed by atoms with Crippen molar-refractivity contribution in [2.24, 2.45) is 0 Å². The molecule has 1 saturated heterocycles. The number of hydrogen-bond donors (Lipinski definition) is 1. The number of ether oxygens (including phenoxy) is 1. The molecule has 0 amide bonds. The van der Waals surface area contributed by atoms with Crippen LogP contribution in [0.2, 0.25) is 0 Å². The SMILES string of the molecule is CCCN1CCCC(Nc2ccc(OC)c(C)c2)CC1. The van der Waals surface area contributed by atoms with Crippen molar-refractivity contribution < 1.29 is 4.74 Å². The van der Waals surface area contributed by atoms with E-state index in [1.807, 2.05) is 0 Å². The summed E-state index contributed by atoms with van der Waals surface area (Å²) in [5.74, 6) is 0.963. The summed E-state index contributed by atoms with van der Waals surface area (Å²) in [5, 5.41) is 3.69. The molecule has 0 aliphatic carbocycles. The molecule has 3 nitrogen and oxygen atoms in total. The molecule has 1 atom stereocenters. The van der Waals surface area contributed by atoms with E-state index in [2.05, 4.69) is 42.3 Å². The van der Waals surface area contributed by atoms with Crippen molar-refractivity contribution in [3.8, 4) is 5.75 Å². The first-order valence-electron chi connectivity index (χ1n) is 7.86. The van der Waals surface area contributed by atoms with E-state index in [-0.39, 0.29) is 0 Å². The highest BCUT2D eigenvalue weighted by Gasteiger charge is 2.16. The van der Waals surface area contributed by atoms with Crippen LogP contribution < -0.4 is 10.1 Å². The van der Waals surface area contributed by atoms with Gasteiger partial charge in [0.1, 0.15) is 5.75 Å². The maximum Gasteiger partial charge on any atom is 0.121 e. The molecule has 1 aromatic rings. The fraction of sp³-hybridized carbons (Fsp3) is 0.647.